The summed E-state index contributed by atoms with van der Waals surface area (Å²) in [6.07, 6.45) is 6.54. The Morgan fingerprint density at radius 2 is 1.67 bits per heavy atom. The molecule has 0 aliphatic heterocycles. The van der Waals surface area contributed by atoms with E-state index in [1.807, 2.05) is 68.8 Å². The Morgan fingerprint density at radius 1 is 0.889 bits per heavy atom. The fourth-order valence-electron chi connectivity index (χ4n) is 4.76. The minimum Gasteiger partial charge on any atom is -0.439 e. The number of para-hydroxylation sites is 2. The Hall–Kier alpha value is -3.71. The monoisotopic (exact) mass is 482 g/mol. The molecule has 186 valence electrons. The summed E-state index contributed by atoms with van der Waals surface area (Å²) in [6, 6.07) is 22.3. The molecule has 36 heavy (non-hydrogen) atoms. The zero-order valence-corrected chi connectivity index (χ0v) is 21.0. The number of fused-ring (bicyclic) bond motifs is 1. The lowest BCUT2D eigenvalue weighted by Crippen LogP contribution is -2.31. The Morgan fingerprint density at radius 3 is 2.42 bits per heavy atom. The smallest absolute Gasteiger partial charge is 0.225 e. The van der Waals surface area contributed by atoms with Crippen LogP contribution < -0.4 is 20.3 Å². The van der Waals surface area contributed by atoms with Gasteiger partial charge in [-0.1, -0.05) is 36.4 Å². The molecule has 1 saturated carbocycles. The number of ether oxygens (including phenoxy) is 1. The van der Waals surface area contributed by atoms with Gasteiger partial charge >= 0.3 is 0 Å². The maximum atomic E-state index is 5.78. The molecule has 0 saturated heterocycles. The molecule has 0 radical (unpaired) electrons. The van der Waals surface area contributed by atoms with Crippen molar-refractivity contribution in [2.24, 2.45) is 5.92 Å². The van der Waals surface area contributed by atoms with E-state index in [9.17, 15) is 0 Å². The number of benzene rings is 2. The average molecular weight is 483 g/mol. The SMILES string of the molecule is CN(C)c1nc(N[C@H]2CC[C@@H](CNCc3ccc(Oc4ccccc4)nc3)CC2)nc2ccccc12. The van der Waals surface area contributed by atoms with Gasteiger partial charge in [0, 0.05) is 44.3 Å². The highest BCUT2D eigenvalue weighted by atomic mass is 16.5. The van der Waals surface area contributed by atoms with Crippen molar-refractivity contribution in [3.8, 4) is 11.6 Å². The van der Waals surface area contributed by atoms with Gasteiger partial charge in [-0.15, -0.1) is 0 Å². The first-order chi connectivity index (χ1) is 17.6. The van der Waals surface area contributed by atoms with Crippen LogP contribution in [0, 0.1) is 5.92 Å². The van der Waals surface area contributed by atoms with Crippen LogP contribution in [0.25, 0.3) is 10.9 Å². The second-order valence-electron chi connectivity index (χ2n) is 9.70. The maximum Gasteiger partial charge on any atom is 0.225 e. The van der Waals surface area contributed by atoms with E-state index in [1.165, 1.54) is 12.8 Å². The number of rotatable bonds is 9. The van der Waals surface area contributed by atoms with Gasteiger partial charge in [-0.3, -0.25) is 0 Å². The summed E-state index contributed by atoms with van der Waals surface area (Å²) in [5.41, 5.74) is 2.14. The van der Waals surface area contributed by atoms with E-state index in [4.69, 9.17) is 14.7 Å². The van der Waals surface area contributed by atoms with Gasteiger partial charge in [0.15, 0.2) is 0 Å². The standard InChI is InChI=1S/C29H34N6O/c1-35(2)28-25-10-6-7-11-26(25)33-29(34-28)32-23-15-12-21(13-16-23)18-30-19-22-14-17-27(31-20-22)36-24-8-4-3-5-9-24/h3-11,14,17,20-21,23,30H,12-13,15-16,18-19H2,1-2H3,(H,32,33,34)/t21-,23+. The molecule has 1 aliphatic rings. The van der Waals surface area contributed by atoms with E-state index in [2.05, 4.69) is 38.7 Å². The normalized spacial score (nSPS) is 17.6. The first-order valence-electron chi connectivity index (χ1n) is 12.7. The second-order valence-corrected chi connectivity index (χ2v) is 9.70. The molecule has 0 spiro atoms. The van der Waals surface area contributed by atoms with E-state index < -0.39 is 0 Å². The topological polar surface area (TPSA) is 75.2 Å². The van der Waals surface area contributed by atoms with E-state index in [1.54, 1.807) is 0 Å². The van der Waals surface area contributed by atoms with Crippen molar-refractivity contribution in [2.45, 2.75) is 38.3 Å². The van der Waals surface area contributed by atoms with Gasteiger partial charge in [-0.05, 0) is 68.0 Å². The zero-order valence-electron chi connectivity index (χ0n) is 21.0. The number of nitrogens with zero attached hydrogens (tertiary/aromatic N) is 4. The molecule has 5 rings (SSSR count). The first-order valence-corrected chi connectivity index (χ1v) is 12.7. The summed E-state index contributed by atoms with van der Waals surface area (Å²) in [5, 5.41) is 8.30. The highest BCUT2D eigenvalue weighted by Crippen LogP contribution is 2.28. The minimum absolute atomic E-state index is 0.416. The second kappa shape index (κ2) is 11.4. The van der Waals surface area contributed by atoms with E-state index in [0.717, 1.165) is 59.9 Å². The Labute approximate surface area is 213 Å². The molecule has 0 atom stereocenters. The summed E-state index contributed by atoms with van der Waals surface area (Å²) < 4.78 is 5.78. The highest BCUT2D eigenvalue weighted by molar-refractivity contribution is 5.90. The fourth-order valence-corrected chi connectivity index (χ4v) is 4.76. The Kier molecular flexibility index (Phi) is 7.57. The quantitative estimate of drug-likeness (QED) is 0.320. The zero-order chi connectivity index (χ0) is 24.7. The molecule has 4 aromatic rings. The van der Waals surface area contributed by atoms with Crippen LogP contribution in [0.3, 0.4) is 0 Å². The lowest BCUT2D eigenvalue weighted by atomic mass is 9.86. The van der Waals surface area contributed by atoms with Crippen LogP contribution in [-0.4, -0.2) is 41.6 Å². The molecule has 2 N–H and O–H groups in total. The third-order valence-electron chi connectivity index (χ3n) is 6.71. The third-order valence-corrected chi connectivity index (χ3v) is 6.71. The van der Waals surface area contributed by atoms with Gasteiger partial charge in [0.2, 0.25) is 11.8 Å². The predicted octanol–water partition coefficient (Wildman–Crippen LogP) is 5.64. The van der Waals surface area contributed by atoms with Crippen molar-refractivity contribution in [1.29, 1.82) is 0 Å². The van der Waals surface area contributed by atoms with E-state index in [-0.39, 0.29) is 0 Å². The van der Waals surface area contributed by atoms with Crippen molar-refractivity contribution in [2.75, 3.05) is 30.9 Å². The number of pyridine rings is 1. The number of hydrogen-bond acceptors (Lipinski definition) is 7. The van der Waals surface area contributed by atoms with Crippen molar-refractivity contribution < 1.29 is 4.74 Å². The number of aromatic nitrogens is 3. The van der Waals surface area contributed by atoms with Crippen LogP contribution in [0.4, 0.5) is 11.8 Å². The van der Waals surface area contributed by atoms with Crippen LogP contribution in [0.5, 0.6) is 11.6 Å². The lowest BCUT2D eigenvalue weighted by Gasteiger charge is -2.29. The van der Waals surface area contributed by atoms with Crippen molar-refractivity contribution >= 4 is 22.7 Å². The molecule has 0 amide bonds. The summed E-state index contributed by atoms with van der Waals surface area (Å²) >= 11 is 0. The fraction of sp³-hybridized carbons (Fsp3) is 0.345. The van der Waals surface area contributed by atoms with Crippen LogP contribution >= 0.6 is 0 Å². The number of anilines is 2. The van der Waals surface area contributed by atoms with Crippen molar-refractivity contribution in [3.63, 3.8) is 0 Å². The summed E-state index contributed by atoms with van der Waals surface area (Å²) in [5.74, 6) is 3.78. The summed E-state index contributed by atoms with van der Waals surface area (Å²) in [4.78, 5) is 16.1. The largest absolute Gasteiger partial charge is 0.439 e. The van der Waals surface area contributed by atoms with Gasteiger partial charge in [0.25, 0.3) is 0 Å². The van der Waals surface area contributed by atoms with Crippen LogP contribution in [0.15, 0.2) is 72.9 Å². The van der Waals surface area contributed by atoms with Crippen molar-refractivity contribution in [1.82, 2.24) is 20.3 Å². The number of nitrogens with one attached hydrogen (secondary N) is 2. The maximum absolute atomic E-state index is 5.78. The molecule has 1 aliphatic carbocycles. The average Bonchev–Trinajstić information content (AvgIpc) is 2.91. The molecule has 2 aromatic carbocycles. The first kappa shape index (κ1) is 24.0. The van der Waals surface area contributed by atoms with Gasteiger partial charge < -0.3 is 20.3 Å². The Bertz CT molecular complexity index is 1250. The minimum atomic E-state index is 0.416. The van der Waals surface area contributed by atoms with Crippen LogP contribution in [0.1, 0.15) is 31.2 Å². The summed E-state index contributed by atoms with van der Waals surface area (Å²) in [7, 11) is 4.05. The molecule has 2 heterocycles. The molecule has 2 aromatic heterocycles. The molecule has 7 nitrogen and oxygen atoms in total. The number of hydrogen-bond donors (Lipinski definition) is 2. The van der Waals surface area contributed by atoms with Gasteiger partial charge in [-0.25, -0.2) is 9.97 Å². The summed E-state index contributed by atoms with van der Waals surface area (Å²) in [6.45, 7) is 1.83. The molecule has 7 heteroatoms. The van der Waals surface area contributed by atoms with Gasteiger partial charge in [-0.2, -0.15) is 4.98 Å². The lowest BCUT2D eigenvalue weighted by molar-refractivity contribution is 0.323. The van der Waals surface area contributed by atoms with E-state index in [0.29, 0.717) is 17.8 Å². The van der Waals surface area contributed by atoms with Crippen LogP contribution in [-0.2, 0) is 6.54 Å². The third kappa shape index (κ3) is 6.10. The molecular formula is C29H34N6O. The molecular weight excluding hydrogens is 448 g/mol. The Balaban J connectivity index is 1.07. The van der Waals surface area contributed by atoms with E-state index >= 15 is 0 Å². The van der Waals surface area contributed by atoms with Crippen LogP contribution in [0.2, 0.25) is 0 Å². The van der Waals surface area contributed by atoms with Gasteiger partial charge in [0.05, 0.1) is 5.52 Å². The molecule has 1 fully saturated rings. The molecule has 0 unspecified atom stereocenters. The van der Waals surface area contributed by atoms with Crippen molar-refractivity contribution in [3.05, 3.63) is 78.5 Å². The highest BCUT2D eigenvalue weighted by Gasteiger charge is 2.22. The molecule has 0 bridgehead atoms. The van der Waals surface area contributed by atoms with Gasteiger partial charge in [0.1, 0.15) is 11.6 Å². The predicted molar refractivity (Wildman–Crippen MR) is 146 cm³/mol.